The first-order valence-electron chi connectivity index (χ1n) is 9.47. The van der Waals surface area contributed by atoms with Crippen LogP contribution in [0, 0.1) is 6.92 Å². The van der Waals surface area contributed by atoms with Gasteiger partial charge >= 0.3 is 0 Å². The Morgan fingerprint density at radius 1 is 1.17 bits per heavy atom. The number of benzene rings is 2. The van der Waals surface area contributed by atoms with Crippen molar-refractivity contribution in [3.8, 4) is 5.75 Å². The largest absolute Gasteiger partial charge is 0.489 e. The highest BCUT2D eigenvalue weighted by Gasteiger charge is 2.17. The average molecular weight is 386 g/mol. The van der Waals surface area contributed by atoms with E-state index in [0.29, 0.717) is 12.3 Å². The van der Waals surface area contributed by atoms with Gasteiger partial charge in [0.1, 0.15) is 12.4 Å². The molecule has 2 aromatic heterocycles. The number of pyridine rings is 1. The molecule has 1 atom stereocenters. The number of nitrogens with zero attached hydrogens (tertiary/aromatic N) is 2. The van der Waals surface area contributed by atoms with Crippen LogP contribution >= 0.6 is 0 Å². The summed E-state index contributed by atoms with van der Waals surface area (Å²) >= 11 is 0. The molecule has 2 N–H and O–H groups in total. The number of amides is 1. The van der Waals surface area contributed by atoms with Crippen LogP contribution < -0.4 is 10.1 Å². The summed E-state index contributed by atoms with van der Waals surface area (Å²) in [6, 6.07) is 17.3. The molecule has 4 aromatic rings. The first-order chi connectivity index (χ1) is 14.1. The van der Waals surface area contributed by atoms with E-state index in [0.717, 1.165) is 33.3 Å². The summed E-state index contributed by atoms with van der Waals surface area (Å²) in [4.78, 5) is 16.8. The average Bonchev–Trinajstić information content (AvgIpc) is 3.16. The van der Waals surface area contributed by atoms with E-state index in [2.05, 4.69) is 20.5 Å². The number of carbonyl (C=O) groups is 1. The Hall–Kier alpha value is -3.67. The summed E-state index contributed by atoms with van der Waals surface area (Å²) in [6.45, 7) is 4.41. The van der Waals surface area contributed by atoms with Gasteiger partial charge in [-0.05, 0) is 49.7 Å². The van der Waals surface area contributed by atoms with Crippen LogP contribution in [-0.2, 0) is 6.61 Å². The van der Waals surface area contributed by atoms with Crippen LogP contribution in [-0.4, -0.2) is 21.1 Å². The topological polar surface area (TPSA) is 79.9 Å². The minimum Gasteiger partial charge on any atom is -0.489 e. The molecule has 6 nitrogen and oxygen atoms in total. The fourth-order valence-corrected chi connectivity index (χ4v) is 3.15. The van der Waals surface area contributed by atoms with Gasteiger partial charge in [-0.1, -0.05) is 29.8 Å². The Morgan fingerprint density at radius 2 is 2.00 bits per heavy atom. The Balaban J connectivity index is 1.40. The van der Waals surface area contributed by atoms with E-state index >= 15 is 0 Å². The molecule has 1 unspecified atom stereocenters. The van der Waals surface area contributed by atoms with E-state index in [-0.39, 0.29) is 11.9 Å². The van der Waals surface area contributed by atoms with Crippen molar-refractivity contribution in [3.63, 3.8) is 0 Å². The molecule has 4 rings (SSSR count). The molecular formula is C23H22N4O2. The molecule has 0 saturated carbocycles. The highest BCUT2D eigenvalue weighted by atomic mass is 16.5. The molecular weight excluding hydrogens is 364 g/mol. The van der Waals surface area contributed by atoms with E-state index < -0.39 is 0 Å². The lowest BCUT2D eigenvalue weighted by atomic mass is 10.1. The van der Waals surface area contributed by atoms with E-state index in [4.69, 9.17) is 4.74 Å². The Morgan fingerprint density at radius 3 is 2.76 bits per heavy atom. The number of hydrogen-bond donors (Lipinski definition) is 2. The first kappa shape index (κ1) is 18.7. The van der Waals surface area contributed by atoms with E-state index in [9.17, 15) is 4.79 Å². The van der Waals surface area contributed by atoms with Gasteiger partial charge in [0, 0.05) is 23.3 Å². The third kappa shape index (κ3) is 4.27. The molecule has 0 saturated heterocycles. The zero-order valence-corrected chi connectivity index (χ0v) is 16.3. The molecule has 0 aliphatic rings. The van der Waals surface area contributed by atoms with Crippen molar-refractivity contribution in [1.82, 2.24) is 20.5 Å². The van der Waals surface area contributed by atoms with Crippen LogP contribution in [0.4, 0.5) is 0 Å². The van der Waals surface area contributed by atoms with Crippen LogP contribution in [0.1, 0.15) is 40.1 Å². The van der Waals surface area contributed by atoms with Gasteiger partial charge in [0.15, 0.2) is 5.69 Å². The van der Waals surface area contributed by atoms with Crippen molar-refractivity contribution in [2.75, 3.05) is 0 Å². The van der Waals surface area contributed by atoms with Crippen molar-refractivity contribution in [1.29, 1.82) is 0 Å². The van der Waals surface area contributed by atoms with Gasteiger partial charge in [0.05, 0.1) is 11.6 Å². The molecule has 29 heavy (non-hydrogen) atoms. The summed E-state index contributed by atoms with van der Waals surface area (Å²) in [6.07, 6.45) is 3.52. The molecule has 0 spiro atoms. The molecule has 0 fully saturated rings. The Labute approximate surface area is 168 Å². The lowest BCUT2D eigenvalue weighted by Gasteiger charge is -2.14. The summed E-state index contributed by atoms with van der Waals surface area (Å²) in [5.74, 6) is 0.566. The molecule has 0 radical (unpaired) electrons. The molecule has 0 aliphatic carbocycles. The number of aromatic amines is 1. The summed E-state index contributed by atoms with van der Waals surface area (Å²) in [5, 5.41) is 10.9. The number of rotatable bonds is 6. The SMILES string of the molecule is Cc1ccc2[nH]nc(C(=O)NC(C)c3ccc(OCc4cccnc4)cc3)c2c1. The van der Waals surface area contributed by atoms with Crippen molar-refractivity contribution >= 4 is 16.8 Å². The van der Waals surface area contributed by atoms with E-state index in [1.807, 2.05) is 68.4 Å². The number of H-pyrrole nitrogens is 1. The van der Waals surface area contributed by atoms with Gasteiger partial charge in [-0.15, -0.1) is 0 Å². The molecule has 146 valence electrons. The quantitative estimate of drug-likeness (QED) is 0.517. The van der Waals surface area contributed by atoms with Gasteiger partial charge in [-0.25, -0.2) is 0 Å². The van der Waals surface area contributed by atoms with Crippen molar-refractivity contribution < 1.29 is 9.53 Å². The lowest BCUT2D eigenvalue weighted by Crippen LogP contribution is -2.27. The van der Waals surface area contributed by atoms with Gasteiger partial charge < -0.3 is 10.1 Å². The molecule has 2 aromatic carbocycles. The van der Waals surface area contributed by atoms with Crippen LogP contribution in [0.15, 0.2) is 67.0 Å². The number of fused-ring (bicyclic) bond motifs is 1. The van der Waals surface area contributed by atoms with Crippen molar-refractivity contribution in [3.05, 3.63) is 89.4 Å². The maximum absolute atomic E-state index is 12.7. The second-order valence-electron chi connectivity index (χ2n) is 7.04. The fraction of sp³-hybridized carbons (Fsp3) is 0.174. The number of hydrogen-bond acceptors (Lipinski definition) is 4. The summed E-state index contributed by atoms with van der Waals surface area (Å²) in [7, 11) is 0. The highest BCUT2D eigenvalue weighted by Crippen LogP contribution is 2.21. The zero-order valence-electron chi connectivity index (χ0n) is 16.3. The van der Waals surface area contributed by atoms with Gasteiger partial charge in [-0.3, -0.25) is 14.9 Å². The molecule has 0 aliphatic heterocycles. The Bertz CT molecular complexity index is 1120. The van der Waals surface area contributed by atoms with Crippen molar-refractivity contribution in [2.45, 2.75) is 26.5 Å². The molecule has 1 amide bonds. The maximum Gasteiger partial charge on any atom is 0.272 e. The maximum atomic E-state index is 12.7. The Kier molecular flexibility index (Phi) is 5.24. The zero-order chi connectivity index (χ0) is 20.2. The van der Waals surface area contributed by atoms with Crippen LogP contribution in [0.2, 0.25) is 0 Å². The number of ether oxygens (including phenoxy) is 1. The third-order valence-electron chi connectivity index (χ3n) is 4.79. The summed E-state index contributed by atoms with van der Waals surface area (Å²) in [5.41, 5.74) is 4.35. The lowest BCUT2D eigenvalue weighted by molar-refractivity contribution is 0.0936. The van der Waals surface area contributed by atoms with Crippen LogP contribution in [0.3, 0.4) is 0 Å². The second kappa shape index (κ2) is 8.14. The third-order valence-corrected chi connectivity index (χ3v) is 4.79. The predicted molar refractivity (Wildman–Crippen MR) is 112 cm³/mol. The molecule has 2 heterocycles. The van der Waals surface area contributed by atoms with E-state index in [1.165, 1.54) is 0 Å². The minimum absolute atomic E-state index is 0.161. The summed E-state index contributed by atoms with van der Waals surface area (Å²) < 4.78 is 5.78. The predicted octanol–water partition coefficient (Wildman–Crippen LogP) is 4.34. The number of nitrogens with one attached hydrogen (secondary N) is 2. The van der Waals surface area contributed by atoms with Gasteiger partial charge in [-0.2, -0.15) is 5.10 Å². The standard InChI is InChI=1S/C23H22N4O2/c1-15-5-10-21-20(12-15)22(27-26-21)23(28)25-16(2)18-6-8-19(9-7-18)29-14-17-4-3-11-24-13-17/h3-13,16H,14H2,1-2H3,(H,25,28)(H,26,27). The van der Waals surface area contributed by atoms with Crippen LogP contribution in [0.5, 0.6) is 5.75 Å². The van der Waals surface area contributed by atoms with Crippen LogP contribution in [0.25, 0.3) is 10.9 Å². The van der Waals surface area contributed by atoms with E-state index in [1.54, 1.807) is 12.4 Å². The fourth-order valence-electron chi connectivity index (χ4n) is 3.15. The second-order valence-corrected chi connectivity index (χ2v) is 7.04. The number of carbonyl (C=O) groups excluding carboxylic acids is 1. The number of aryl methyl sites for hydroxylation is 1. The smallest absolute Gasteiger partial charge is 0.272 e. The van der Waals surface area contributed by atoms with Crippen molar-refractivity contribution in [2.24, 2.45) is 0 Å². The number of aromatic nitrogens is 3. The normalized spacial score (nSPS) is 11.9. The molecule has 6 heteroatoms. The first-order valence-corrected chi connectivity index (χ1v) is 9.47. The van der Waals surface area contributed by atoms with Gasteiger partial charge in [0.2, 0.25) is 0 Å². The van der Waals surface area contributed by atoms with Gasteiger partial charge in [0.25, 0.3) is 5.91 Å². The minimum atomic E-state index is -0.203. The monoisotopic (exact) mass is 386 g/mol. The highest BCUT2D eigenvalue weighted by molar-refractivity contribution is 6.04. The molecule has 0 bridgehead atoms.